The van der Waals surface area contributed by atoms with Crippen LogP contribution in [0.25, 0.3) is 11.1 Å². The Morgan fingerprint density at radius 1 is 1.05 bits per heavy atom. The van der Waals surface area contributed by atoms with Crippen molar-refractivity contribution in [2.24, 2.45) is 0 Å². The summed E-state index contributed by atoms with van der Waals surface area (Å²) in [7, 11) is 0. The van der Waals surface area contributed by atoms with Gasteiger partial charge in [0.05, 0.1) is 5.56 Å². The Bertz CT molecular complexity index is 660. The molecule has 98 valence electrons. The number of carbonyl (C=O) groups is 1. The number of benzene rings is 2. The Kier molecular flexibility index (Phi) is 3.38. The van der Waals surface area contributed by atoms with Crippen molar-refractivity contribution in [2.45, 2.75) is 20.8 Å². The van der Waals surface area contributed by atoms with E-state index < -0.39 is 5.97 Å². The van der Waals surface area contributed by atoms with Crippen LogP contribution in [0.5, 0.6) is 0 Å². The van der Waals surface area contributed by atoms with Crippen LogP contribution in [-0.2, 0) is 0 Å². The van der Waals surface area contributed by atoms with Gasteiger partial charge in [-0.1, -0.05) is 18.2 Å². The van der Waals surface area contributed by atoms with Crippen molar-refractivity contribution in [1.29, 1.82) is 0 Å². The van der Waals surface area contributed by atoms with Crippen molar-refractivity contribution in [3.63, 3.8) is 0 Å². The third-order valence-corrected chi connectivity index (χ3v) is 3.36. The molecule has 1 N–H and O–H groups in total. The molecule has 0 heterocycles. The number of halogens is 1. The second kappa shape index (κ2) is 4.84. The number of aryl methyl sites for hydroxylation is 2. The molecule has 0 spiro atoms. The number of rotatable bonds is 2. The van der Waals surface area contributed by atoms with Gasteiger partial charge in [-0.15, -0.1) is 0 Å². The van der Waals surface area contributed by atoms with Crippen molar-refractivity contribution < 1.29 is 14.3 Å². The van der Waals surface area contributed by atoms with Crippen LogP contribution in [0, 0.1) is 26.6 Å². The van der Waals surface area contributed by atoms with E-state index in [0.717, 1.165) is 16.7 Å². The summed E-state index contributed by atoms with van der Waals surface area (Å²) >= 11 is 0. The number of hydrogen-bond donors (Lipinski definition) is 1. The van der Waals surface area contributed by atoms with E-state index in [1.807, 2.05) is 19.1 Å². The first-order chi connectivity index (χ1) is 8.91. The largest absolute Gasteiger partial charge is 0.478 e. The maximum atomic E-state index is 13.6. The van der Waals surface area contributed by atoms with Gasteiger partial charge in [0.2, 0.25) is 0 Å². The Hall–Kier alpha value is -2.16. The van der Waals surface area contributed by atoms with Crippen molar-refractivity contribution in [3.8, 4) is 11.1 Å². The van der Waals surface area contributed by atoms with Crippen molar-refractivity contribution >= 4 is 5.97 Å². The fourth-order valence-electron chi connectivity index (χ4n) is 2.27. The molecule has 0 radical (unpaired) electrons. The van der Waals surface area contributed by atoms with Crippen LogP contribution >= 0.6 is 0 Å². The molecule has 2 rings (SSSR count). The van der Waals surface area contributed by atoms with E-state index >= 15 is 0 Å². The van der Waals surface area contributed by atoms with Crippen LogP contribution < -0.4 is 0 Å². The van der Waals surface area contributed by atoms with E-state index in [4.69, 9.17) is 0 Å². The molecule has 2 nitrogen and oxygen atoms in total. The molecular formula is C16H15FO2. The minimum Gasteiger partial charge on any atom is -0.478 e. The van der Waals surface area contributed by atoms with Gasteiger partial charge >= 0.3 is 5.97 Å². The fraction of sp³-hybridized carbons (Fsp3) is 0.188. The maximum Gasteiger partial charge on any atom is 0.335 e. The van der Waals surface area contributed by atoms with Gasteiger partial charge in [-0.3, -0.25) is 0 Å². The molecule has 3 heteroatoms. The normalized spacial score (nSPS) is 10.5. The average molecular weight is 258 g/mol. The van der Waals surface area contributed by atoms with Crippen molar-refractivity contribution in [3.05, 3.63) is 58.4 Å². The number of hydrogen-bond acceptors (Lipinski definition) is 1. The molecule has 0 bridgehead atoms. The highest BCUT2D eigenvalue weighted by atomic mass is 19.1. The van der Waals surface area contributed by atoms with Gasteiger partial charge in [0.15, 0.2) is 0 Å². The molecule has 0 aliphatic rings. The summed E-state index contributed by atoms with van der Waals surface area (Å²) < 4.78 is 13.6. The highest BCUT2D eigenvalue weighted by Crippen LogP contribution is 2.30. The second-order valence-electron chi connectivity index (χ2n) is 4.70. The predicted molar refractivity (Wildman–Crippen MR) is 73.0 cm³/mol. The second-order valence-corrected chi connectivity index (χ2v) is 4.70. The van der Waals surface area contributed by atoms with Gasteiger partial charge < -0.3 is 5.11 Å². The van der Waals surface area contributed by atoms with Crippen LogP contribution in [0.2, 0.25) is 0 Å². The van der Waals surface area contributed by atoms with E-state index in [-0.39, 0.29) is 11.4 Å². The molecule has 0 aliphatic carbocycles. The van der Waals surface area contributed by atoms with E-state index in [0.29, 0.717) is 11.1 Å². The molecule has 0 fully saturated rings. The lowest BCUT2D eigenvalue weighted by Gasteiger charge is -2.13. The van der Waals surface area contributed by atoms with Crippen LogP contribution in [0.4, 0.5) is 4.39 Å². The van der Waals surface area contributed by atoms with Gasteiger partial charge in [0, 0.05) is 0 Å². The highest BCUT2D eigenvalue weighted by molar-refractivity contribution is 5.92. The molecule has 0 saturated heterocycles. The summed E-state index contributed by atoms with van der Waals surface area (Å²) in [6.07, 6.45) is 0. The van der Waals surface area contributed by atoms with Gasteiger partial charge in [-0.2, -0.15) is 0 Å². The third-order valence-electron chi connectivity index (χ3n) is 3.36. The zero-order valence-electron chi connectivity index (χ0n) is 11.1. The molecule has 19 heavy (non-hydrogen) atoms. The number of carboxylic acid groups (broad SMARTS) is 1. The van der Waals surface area contributed by atoms with Gasteiger partial charge in [-0.25, -0.2) is 9.18 Å². The summed E-state index contributed by atoms with van der Waals surface area (Å²) in [5, 5.41) is 9.18. The topological polar surface area (TPSA) is 37.3 Å². The van der Waals surface area contributed by atoms with Crippen LogP contribution in [-0.4, -0.2) is 11.1 Å². The number of carboxylic acids is 1. The van der Waals surface area contributed by atoms with E-state index in [2.05, 4.69) is 0 Å². The molecule has 0 atom stereocenters. The van der Waals surface area contributed by atoms with Gasteiger partial charge in [-0.05, 0) is 60.7 Å². The first kappa shape index (κ1) is 13.3. The molecule has 2 aromatic carbocycles. The Morgan fingerprint density at radius 3 is 2.37 bits per heavy atom. The Balaban J connectivity index is 2.72. The average Bonchev–Trinajstić information content (AvgIpc) is 2.33. The molecule has 0 saturated carbocycles. The van der Waals surface area contributed by atoms with Crippen molar-refractivity contribution in [1.82, 2.24) is 0 Å². The third kappa shape index (κ3) is 2.36. The quantitative estimate of drug-likeness (QED) is 0.879. The summed E-state index contributed by atoms with van der Waals surface area (Å²) in [6.45, 7) is 5.36. The lowest BCUT2D eigenvalue weighted by atomic mass is 9.92. The fourth-order valence-corrected chi connectivity index (χ4v) is 2.27. The SMILES string of the molecule is Cc1cc(C)c(-c2cccc(F)c2C)cc1C(=O)O. The minimum atomic E-state index is -0.965. The maximum absolute atomic E-state index is 13.6. The lowest BCUT2D eigenvalue weighted by Crippen LogP contribution is -2.02. The zero-order chi connectivity index (χ0) is 14.2. The van der Waals surface area contributed by atoms with Gasteiger partial charge in [0.25, 0.3) is 0 Å². The Morgan fingerprint density at radius 2 is 1.74 bits per heavy atom. The predicted octanol–water partition coefficient (Wildman–Crippen LogP) is 4.12. The highest BCUT2D eigenvalue weighted by Gasteiger charge is 2.14. The standard InChI is InChI=1S/C16H15FO2/c1-9-7-10(2)14(16(18)19)8-13(9)12-5-4-6-15(17)11(12)3/h4-8H,1-3H3,(H,18,19). The van der Waals surface area contributed by atoms with E-state index in [1.54, 1.807) is 26.0 Å². The van der Waals surface area contributed by atoms with Crippen LogP contribution in [0.3, 0.4) is 0 Å². The van der Waals surface area contributed by atoms with Gasteiger partial charge in [0.1, 0.15) is 5.82 Å². The molecule has 2 aromatic rings. The smallest absolute Gasteiger partial charge is 0.335 e. The molecule has 0 aromatic heterocycles. The molecule has 0 amide bonds. The first-order valence-corrected chi connectivity index (χ1v) is 6.02. The summed E-state index contributed by atoms with van der Waals surface area (Å²) in [5.41, 5.74) is 3.94. The first-order valence-electron chi connectivity index (χ1n) is 6.02. The minimum absolute atomic E-state index is 0.254. The van der Waals surface area contributed by atoms with Crippen LogP contribution in [0.1, 0.15) is 27.0 Å². The van der Waals surface area contributed by atoms with Crippen molar-refractivity contribution in [2.75, 3.05) is 0 Å². The van der Waals surface area contributed by atoms with E-state index in [9.17, 15) is 14.3 Å². The lowest BCUT2D eigenvalue weighted by molar-refractivity contribution is 0.0696. The zero-order valence-corrected chi connectivity index (χ0v) is 11.1. The Labute approximate surface area is 111 Å². The van der Waals surface area contributed by atoms with Crippen LogP contribution in [0.15, 0.2) is 30.3 Å². The monoisotopic (exact) mass is 258 g/mol. The summed E-state index contributed by atoms with van der Waals surface area (Å²) in [6, 6.07) is 8.29. The molecule has 0 aliphatic heterocycles. The summed E-state index contributed by atoms with van der Waals surface area (Å²) in [4.78, 5) is 11.2. The summed E-state index contributed by atoms with van der Waals surface area (Å²) in [5.74, 6) is -1.25. The molecular weight excluding hydrogens is 243 g/mol. The van der Waals surface area contributed by atoms with E-state index in [1.165, 1.54) is 6.07 Å². The number of aromatic carboxylic acids is 1. The molecule has 0 unspecified atom stereocenters.